The normalized spacial score (nSPS) is 26.1. The van der Waals surface area contributed by atoms with E-state index < -0.39 is 0 Å². The molecule has 3 fully saturated rings. The molecule has 1 aromatic carbocycles. The van der Waals surface area contributed by atoms with Crippen molar-refractivity contribution in [3.05, 3.63) is 41.7 Å². The molecule has 0 radical (unpaired) electrons. The summed E-state index contributed by atoms with van der Waals surface area (Å²) in [4.78, 5) is 2.60. The summed E-state index contributed by atoms with van der Waals surface area (Å²) in [5.74, 6) is 1.01. The number of tetrazole rings is 1. The van der Waals surface area contributed by atoms with E-state index in [0.717, 1.165) is 38.4 Å². The second-order valence-electron chi connectivity index (χ2n) is 8.52. The van der Waals surface area contributed by atoms with Crippen LogP contribution in [-0.2, 0) is 11.3 Å². The molecular formula is C21H29N5O. The third-order valence-electron chi connectivity index (χ3n) is 6.87. The minimum atomic E-state index is 0.379. The maximum atomic E-state index is 5.51. The van der Waals surface area contributed by atoms with Crippen LogP contribution in [0.4, 0.5) is 0 Å². The maximum absolute atomic E-state index is 5.51. The second-order valence-corrected chi connectivity index (χ2v) is 8.52. The molecule has 27 heavy (non-hydrogen) atoms. The van der Waals surface area contributed by atoms with Gasteiger partial charge in [-0.25, -0.2) is 4.68 Å². The van der Waals surface area contributed by atoms with Crippen LogP contribution in [0.2, 0.25) is 0 Å². The molecule has 5 rings (SSSR count). The van der Waals surface area contributed by atoms with Gasteiger partial charge in [-0.15, -0.1) is 5.10 Å². The van der Waals surface area contributed by atoms with E-state index in [1.165, 1.54) is 44.2 Å². The topological polar surface area (TPSA) is 56.1 Å². The first kappa shape index (κ1) is 17.3. The quantitative estimate of drug-likeness (QED) is 0.827. The van der Waals surface area contributed by atoms with Gasteiger partial charge in [0.05, 0.1) is 12.6 Å². The zero-order valence-electron chi connectivity index (χ0n) is 16.0. The van der Waals surface area contributed by atoms with Gasteiger partial charge in [0.1, 0.15) is 0 Å². The van der Waals surface area contributed by atoms with Crippen LogP contribution in [0.15, 0.2) is 30.3 Å². The molecule has 1 aliphatic carbocycles. The van der Waals surface area contributed by atoms with Crippen molar-refractivity contribution in [3.8, 4) is 0 Å². The Kier molecular flexibility index (Phi) is 4.70. The van der Waals surface area contributed by atoms with Gasteiger partial charge in [0.15, 0.2) is 5.82 Å². The molecule has 0 bridgehead atoms. The van der Waals surface area contributed by atoms with E-state index in [0.29, 0.717) is 17.5 Å². The van der Waals surface area contributed by atoms with E-state index >= 15 is 0 Å². The minimum absolute atomic E-state index is 0.379. The predicted octanol–water partition coefficient (Wildman–Crippen LogP) is 3.53. The van der Waals surface area contributed by atoms with Crippen molar-refractivity contribution in [1.29, 1.82) is 0 Å². The lowest BCUT2D eigenvalue weighted by atomic mass is 9.61. The van der Waals surface area contributed by atoms with Crippen LogP contribution < -0.4 is 0 Å². The third-order valence-corrected chi connectivity index (χ3v) is 6.87. The third kappa shape index (κ3) is 3.19. The highest BCUT2D eigenvalue weighted by Crippen LogP contribution is 2.57. The van der Waals surface area contributed by atoms with Crippen molar-refractivity contribution in [2.75, 3.05) is 19.8 Å². The summed E-state index contributed by atoms with van der Waals surface area (Å²) in [6.45, 7) is 3.63. The summed E-state index contributed by atoms with van der Waals surface area (Å²) >= 11 is 0. The first-order chi connectivity index (χ1) is 13.4. The van der Waals surface area contributed by atoms with Crippen molar-refractivity contribution in [3.63, 3.8) is 0 Å². The van der Waals surface area contributed by atoms with E-state index in [2.05, 4.69) is 55.4 Å². The van der Waals surface area contributed by atoms with Crippen molar-refractivity contribution < 1.29 is 4.74 Å². The van der Waals surface area contributed by atoms with Crippen LogP contribution in [0, 0.1) is 5.41 Å². The average molecular weight is 367 g/mol. The number of aromatic nitrogens is 4. The highest BCUT2D eigenvalue weighted by molar-refractivity contribution is 5.26. The predicted molar refractivity (Wildman–Crippen MR) is 102 cm³/mol. The molecule has 6 heteroatoms. The number of rotatable bonds is 4. The highest BCUT2D eigenvalue weighted by Gasteiger charge is 2.53. The Morgan fingerprint density at radius 2 is 1.81 bits per heavy atom. The van der Waals surface area contributed by atoms with Gasteiger partial charge in [0.25, 0.3) is 0 Å². The van der Waals surface area contributed by atoms with Crippen LogP contribution in [0.1, 0.15) is 68.4 Å². The lowest BCUT2D eigenvalue weighted by Crippen LogP contribution is -2.58. The number of hydrogen-bond acceptors (Lipinski definition) is 5. The Hall–Kier alpha value is -1.79. The van der Waals surface area contributed by atoms with E-state index in [-0.39, 0.29) is 0 Å². The Bertz CT molecular complexity index is 749. The van der Waals surface area contributed by atoms with Gasteiger partial charge >= 0.3 is 0 Å². The van der Waals surface area contributed by atoms with Gasteiger partial charge in [-0.3, -0.25) is 4.90 Å². The van der Waals surface area contributed by atoms with Crippen molar-refractivity contribution in [1.82, 2.24) is 25.1 Å². The number of likely N-dealkylation sites (tertiary alicyclic amines) is 1. The number of hydrogen-bond donors (Lipinski definition) is 0. The molecule has 2 saturated heterocycles. The molecule has 1 aromatic heterocycles. The fraction of sp³-hybridized carbons (Fsp3) is 0.667. The van der Waals surface area contributed by atoms with Gasteiger partial charge in [-0.2, -0.15) is 0 Å². The Morgan fingerprint density at radius 3 is 2.59 bits per heavy atom. The summed E-state index contributed by atoms with van der Waals surface area (Å²) in [5.41, 5.74) is 1.91. The van der Waals surface area contributed by atoms with Crippen LogP contribution in [0.25, 0.3) is 0 Å². The SMILES string of the molecule is c1ccc(C2N(Cc3nnnn3C3CCOCC3)CC23CCCCC3)cc1. The van der Waals surface area contributed by atoms with Gasteiger partial charge < -0.3 is 4.74 Å². The van der Waals surface area contributed by atoms with Gasteiger partial charge in [-0.05, 0) is 41.7 Å². The number of ether oxygens (including phenoxy) is 1. The smallest absolute Gasteiger partial charge is 0.165 e. The van der Waals surface area contributed by atoms with Gasteiger partial charge in [0, 0.05) is 31.2 Å². The van der Waals surface area contributed by atoms with Crippen molar-refractivity contribution >= 4 is 0 Å². The van der Waals surface area contributed by atoms with E-state index in [1.54, 1.807) is 0 Å². The molecule has 2 aromatic rings. The van der Waals surface area contributed by atoms with Gasteiger partial charge in [-0.1, -0.05) is 49.6 Å². The molecule has 3 aliphatic rings. The number of nitrogens with zero attached hydrogens (tertiary/aromatic N) is 5. The zero-order chi connectivity index (χ0) is 18.1. The summed E-state index contributed by atoms with van der Waals surface area (Å²) < 4.78 is 7.57. The van der Waals surface area contributed by atoms with E-state index in [1.807, 2.05) is 0 Å². The summed E-state index contributed by atoms with van der Waals surface area (Å²) in [6, 6.07) is 11.9. The first-order valence-electron chi connectivity index (χ1n) is 10.5. The van der Waals surface area contributed by atoms with Crippen LogP contribution in [0.5, 0.6) is 0 Å². The molecule has 6 nitrogen and oxygen atoms in total. The first-order valence-corrected chi connectivity index (χ1v) is 10.5. The Morgan fingerprint density at radius 1 is 1.04 bits per heavy atom. The lowest BCUT2D eigenvalue weighted by Gasteiger charge is -2.59. The molecule has 1 atom stereocenters. The summed E-state index contributed by atoms with van der Waals surface area (Å²) in [7, 11) is 0. The Balaban J connectivity index is 1.38. The molecular weight excluding hydrogens is 338 g/mol. The minimum Gasteiger partial charge on any atom is -0.381 e. The van der Waals surface area contributed by atoms with Crippen molar-refractivity contribution in [2.24, 2.45) is 5.41 Å². The number of benzene rings is 1. The molecule has 0 N–H and O–H groups in total. The zero-order valence-corrected chi connectivity index (χ0v) is 16.0. The van der Waals surface area contributed by atoms with Crippen molar-refractivity contribution in [2.45, 2.75) is 63.6 Å². The van der Waals surface area contributed by atoms with Gasteiger partial charge in [0.2, 0.25) is 0 Å². The van der Waals surface area contributed by atoms with Crippen LogP contribution in [-0.4, -0.2) is 44.9 Å². The van der Waals surface area contributed by atoms with Crippen LogP contribution in [0.3, 0.4) is 0 Å². The van der Waals surface area contributed by atoms with E-state index in [4.69, 9.17) is 4.74 Å². The molecule has 1 unspecified atom stereocenters. The lowest BCUT2D eigenvalue weighted by molar-refractivity contribution is -0.108. The standard InChI is InChI=1S/C21H29N5O/c1-3-7-17(8-4-1)20-21(11-5-2-6-12-21)16-25(20)15-19-22-23-24-26(19)18-9-13-27-14-10-18/h1,3-4,7-8,18,20H,2,5-6,9-16H2. The summed E-state index contributed by atoms with van der Waals surface area (Å²) in [6.07, 6.45) is 8.86. The largest absolute Gasteiger partial charge is 0.381 e. The van der Waals surface area contributed by atoms with Crippen LogP contribution >= 0.6 is 0 Å². The molecule has 2 aliphatic heterocycles. The molecule has 1 saturated carbocycles. The monoisotopic (exact) mass is 367 g/mol. The Labute approximate surface area is 160 Å². The molecule has 0 amide bonds. The average Bonchev–Trinajstić information content (AvgIpc) is 3.18. The van der Waals surface area contributed by atoms with E-state index in [9.17, 15) is 0 Å². The summed E-state index contributed by atoms with van der Waals surface area (Å²) in [5, 5.41) is 12.7. The highest BCUT2D eigenvalue weighted by atomic mass is 16.5. The fourth-order valence-corrected chi connectivity index (χ4v) is 5.60. The molecule has 1 spiro atoms. The fourth-order valence-electron chi connectivity index (χ4n) is 5.60. The second kappa shape index (κ2) is 7.32. The maximum Gasteiger partial charge on any atom is 0.165 e. The molecule has 3 heterocycles. The molecule has 144 valence electrons.